The van der Waals surface area contributed by atoms with Crippen molar-refractivity contribution in [2.45, 2.75) is 46.6 Å². The molecule has 0 unspecified atom stereocenters. The second kappa shape index (κ2) is 6.43. The van der Waals surface area contributed by atoms with E-state index in [0.29, 0.717) is 5.56 Å². The minimum atomic E-state index is -0.999. The third kappa shape index (κ3) is 6.58. The molecule has 116 valence electrons. The number of hydrogen-bond acceptors (Lipinski definition) is 3. The highest BCUT2D eigenvalue weighted by Crippen LogP contribution is 2.27. The Kier molecular flexibility index (Phi) is 5.34. The van der Waals surface area contributed by atoms with Gasteiger partial charge in [0.1, 0.15) is 0 Å². The quantitative estimate of drug-likeness (QED) is 0.813. The fourth-order valence-corrected chi connectivity index (χ4v) is 3.24. The molecule has 0 atom stereocenters. The van der Waals surface area contributed by atoms with Crippen LogP contribution in [0.1, 0.15) is 56.3 Å². The third-order valence-corrected chi connectivity index (χ3v) is 3.59. The molecule has 0 fully saturated rings. The molecule has 0 aromatic carbocycles. The highest BCUT2D eigenvalue weighted by atomic mass is 32.1. The maximum Gasteiger partial charge on any atom is 0.328 e. The molecule has 1 aromatic heterocycles. The first-order chi connectivity index (χ1) is 9.48. The molecule has 0 aliphatic rings. The van der Waals surface area contributed by atoms with Crippen LogP contribution in [0.4, 0.5) is 0 Å². The zero-order chi connectivity index (χ0) is 16.3. The highest BCUT2D eigenvalue weighted by Gasteiger charge is 2.27. The number of thiophene rings is 1. The summed E-state index contributed by atoms with van der Waals surface area (Å²) < 4.78 is 0. The number of carboxylic acids is 1. The van der Waals surface area contributed by atoms with Crippen LogP contribution in [-0.2, 0) is 4.79 Å². The monoisotopic (exact) mass is 309 g/mol. The zero-order valence-corrected chi connectivity index (χ0v) is 14.0. The van der Waals surface area contributed by atoms with Gasteiger partial charge in [-0.25, -0.2) is 4.79 Å². The fraction of sp³-hybridized carbons (Fsp3) is 0.500. The van der Waals surface area contributed by atoms with Crippen molar-refractivity contribution in [3.8, 4) is 0 Å². The van der Waals surface area contributed by atoms with Gasteiger partial charge in [-0.05, 0) is 37.8 Å². The number of carboxylic acid groups (broad SMARTS) is 1. The molecule has 1 heterocycles. The van der Waals surface area contributed by atoms with E-state index in [-0.39, 0.29) is 16.9 Å². The van der Waals surface area contributed by atoms with Gasteiger partial charge in [0.05, 0.1) is 5.56 Å². The van der Waals surface area contributed by atoms with Gasteiger partial charge in [0, 0.05) is 21.9 Å². The Labute approximate surface area is 129 Å². The number of nitrogens with one attached hydrogen (secondary N) is 1. The molecule has 0 spiro atoms. The van der Waals surface area contributed by atoms with E-state index >= 15 is 0 Å². The fourth-order valence-electron chi connectivity index (χ4n) is 2.46. The maximum absolute atomic E-state index is 12.3. The highest BCUT2D eigenvalue weighted by molar-refractivity contribution is 7.11. The predicted octanol–water partition coefficient (Wildman–Crippen LogP) is 3.79. The molecule has 1 rings (SSSR count). The first kappa shape index (κ1) is 17.4. The summed E-state index contributed by atoms with van der Waals surface area (Å²) in [6.07, 6.45) is 3.42. The van der Waals surface area contributed by atoms with Crippen molar-refractivity contribution >= 4 is 29.3 Å². The molecule has 0 saturated carbocycles. The van der Waals surface area contributed by atoms with Gasteiger partial charge in [-0.2, -0.15) is 0 Å². The summed E-state index contributed by atoms with van der Waals surface area (Å²) in [5.74, 6) is -1.13. The maximum atomic E-state index is 12.3. The summed E-state index contributed by atoms with van der Waals surface area (Å²) in [5, 5.41) is 13.4. The number of hydrogen-bond donors (Lipinski definition) is 2. The molecule has 0 radical (unpaired) electrons. The Hall–Kier alpha value is -1.62. The van der Waals surface area contributed by atoms with Gasteiger partial charge in [0.2, 0.25) is 0 Å². The lowest BCUT2D eigenvalue weighted by Crippen LogP contribution is -2.45. The average Bonchev–Trinajstić information content (AvgIpc) is 2.70. The van der Waals surface area contributed by atoms with E-state index in [0.717, 1.165) is 17.4 Å². The topological polar surface area (TPSA) is 66.4 Å². The second-order valence-corrected chi connectivity index (χ2v) is 7.93. The zero-order valence-electron chi connectivity index (χ0n) is 13.2. The lowest BCUT2D eigenvalue weighted by Gasteiger charge is -2.33. The van der Waals surface area contributed by atoms with E-state index in [4.69, 9.17) is 5.11 Å². The molecule has 0 saturated heterocycles. The Balaban J connectivity index is 2.74. The van der Waals surface area contributed by atoms with Crippen LogP contribution in [0, 0.1) is 5.41 Å². The van der Waals surface area contributed by atoms with E-state index in [9.17, 15) is 9.59 Å². The summed E-state index contributed by atoms with van der Waals surface area (Å²) >= 11 is 1.35. The SMILES string of the molecule is CC(C)(C)CC(C)(C)NC(=O)c1csc(C=CC(=O)O)c1. The molecule has 1 amide bonds. The normalized spacial score (nSPS) is 12.6. The summed E-state index contributed by atoms with van der Waals surface area (Å²) in [6, 6.07) is 1.70. The number of rotatable bonds is 5. The molecule has 21 heavy (non-hydrogen) atoms. The standard InChI is InChI=1S/C16H23NO3S/c1-15(2,3)10-16(4,5)17-14(20)11-8-12(21-9-11)6-7-13(18)19/h6-9H,10H2,1-5H3,(H,17,20)(H,18,19). The first-order valence-corrected chi connectivity index (χ1v) is 7.69. The van der Waals surface area contributed by atoms with E-state index in [1.54, 1.807) is 11.4 Å². The van der Waals surface area contributed by atoms with Crippen LogP contribution in [0.15, 0.2) is 17.5 Å². The molecular weight excluding hydrogens is 286 g/mol. The van der Waals surface area contributed by atoms with Gasteiger partial charge < -0.3 is 10.4 Å². The lowest BCUT2D eigenvalue weighted by molar-refractivity contribution is -0.131. The van der Waals surface area contributed by atoms with Crippen molar-refractivity contribution in [2.24, 2.45) is 5.41 Å². The third-order valence-electron chi connectivity index (χ3n) is 2.70. The van der Waals surface area contributed by atoms with Gasteiger partial charge in [0.15, 0.2) is 0 Å². The van der Waals surface area contributed by atoms with Crippen molar-refractivity contribution in [2.75, 3.05) is 0 Å². The minimum Gasteiger partial charge on any atom is -0.478 e. The Morgan fingerprint density at radius 3 is 2.43 bits per heavy atom. The van der Waals surface area contributed by atoms with Gasteiger partial charge in [-0.15, -0.1) is 11.3 Å². The Morgan fingerprint density at radius 1 is 1.29 bits per heavy atom. The van der Waals surface area contributed by atoms with Gasteiger partial charge >= 0.3 is 5.97 Å². The number of carbonyl (C=O) groups is 2. The van der Waals surface area contributed by atoms with E-state index in [2.05, 4.69) is 26.1 Å². The minimum absolute atomic E-state index is 0.126. The Morgan fingerprint density at radius 2 is 1.90 bits per heavy atom. The van der Waals surface area contributed by atoms with Crippen LogP contribution in [0.3, 0.4) is 0 Å². The molecule has 5 heteroatoms. The molecule has 4 nitrogen and oxygen atoms in total. The van der Waals surface area contributed by atoms with Crippen molar-refractivity contribution in [1.29, 1.82) is 0 Å². The van der Waals surface area contributed by atoms with E-state index in [1.807, 2.05) is 13.8 Å². The van der Waals surface area contributed by atoms with Gasteiger partial charge in [0.25, 0.3) is 5.91 Å². The summed E-state index contributed by atoms with van der Waals surface area (Å²) in [7, 11) is 0. The van der Waals surface area contributed by atoms with E-state index in [1.165, 1.54) is 17.4 Å². The van der Waals surface area contributed by atoms with Crippen LogP contribution in [-0.4, -0.2) is 22.5 Å². The Bertz CT molecular complexity index is 550. The largest absolute Gasteiger partial charge is 0.478 e. The van der Waals surface area contributed by atoms with Crippen LogP contribution in [0.2, 0.25) is 0 Å². The van der Waals surface area contributed by atoms with Crippen LogP contribution < -0.4 is 5.32 Å². The first-order valence-electron chi connectivity index (χ1n) is 6.81. The summed E-state index contributed by atoms with van der Waals surface area (Å²) in [4.78, 5) is 23.5. The number of carbonyl (C=O) groups excluding carboxylic acids is 1. The summed E-state index contributed by atoms with van der Waals surface area (Å²) in [6.45, 7) is 10.4. The predicted molar refractivity (Wildman–Crippen MR) is 86.6 cm³/mol. The van der Waals surface area contributed by atoms with Gasteiger partial charge in [-0.3, -0.25) is 4.79 Å². The molecule has 0 aliphatic carbocycles. The van der Waals surface area contributed by atoms with Crippen molar-refractivity contribution in [3.63, 3.8) is 0 Å². The van der Waals surface area contributed by atoms with Crippen LogP contribution in [0.25, 0.3) is 6.08 Å². The van der Waals surface area contributed by atoms with Crippen LogP contribution in [0.5, 0.6) is 0 Å². The smallest absolute Gasteiger partial charge is 0.328 e. The number of aliphatic carboxylic acids is 1. The molecule has 0 aliphatic heterocycles. The molecular formula is C16H23NO3S. The molecule has 1 aromatic rings. The average molecular weight is 309 g/mol. The molecule has 0 bridgehead atoms. The molecule has 2 N–H and O–H groups in total. The summed E-state index contributed by atoms with van der Waals surface area (Å²) in [5.41, 5.74) is 0.391. The number of amides is 1. The van der Waals surface area contributed by atoms with Gasteiger partial charge in [-0.1, -0.05) is 20.8 Å². The second-order valence-electron chi connectivity index (χ2n) is 6.98. The van der Waals surface area contributed by atoms with Crippen LogP contribution >= 0.6 is 11.3 Å². The lowest BCUT2D eigenvalue weighted by atomic mass is 9.81. The van der Waals surface area contributed by atoms with Crippen molar-refractivity contribution in [1.82, 2.24) is 5.32 Å². The van der Waals surface area contributed by atoms with Crippen molar-refractivity contribution in [3.05, 3.63) is 28.0 Å². The van der Waals surface area contributed by atoms with Crippen molar-refractivity contribution < 1.29 is 14.7 Å². The van der Waals surface area contributed by atoms with E-state index < -0.39 is 5.97 Å².